The van der Waals surface area contributed by atoms with Crippen LogP contribution in [0.15, 0.2) is 30.9 Å². The normalized spacial score (nSPS) is 14.2. The summed E-state index contributed by atoms with van der Waals surface area (Å²) < 4.78 is 1.47. The summed E-state index contributed by atoms with van der Waals surface area (Å²) >= 11 is 0. The topological polar surface area (TPSA) is 89.9 Å². The number of carbonyl (C=O) groups excluding carboxylic acids is 1. The minimum Gasteiger partial charge on any atom is -0.367 e. The van der Waals surface area contributed by atoms with Crippen LogP contribution in [0.4, 0.5) is 5.95 Å². The maximum absolute atomic E-state index is 12.4. The van der Waals surface area contributed by atoms with E-state index in [1.165, 1.54) is 11.0 Å². The van der Waals surface area contributed by atoms with Crippen LogP contribution < -0.4 is 5.73 Å². The van der Waals surface area contributed by atoms with Gasteiger partial charge in [-0.05, 0) is 24.5 Å². The van der Waals surface area contributed by atoms with Gasteiger partial charge < -0.3 is 10.6 Å². The number of hydrogen-bond donors (Lipinski definition) is 1. The van der Waals surface area contributed by atoms with Crippen LogP contribution in [0, 0.1) is 0 Å². The van der Waals surface area contributed by atoms with Crippen molar-refractivity contribution in [2.75, 3.05) is 5.73 Å². The van der Waals surface area contributed by atoms with E-state index in [-0.39, 0.29) is 18.4 Å². The molecule has 0 bridgehead atoms. The fourth-order valence-corrected chi connectivity index (χ4v) is 2.11. The Morgan fingerprint density at radius 1 is 1.50 bits per heavy atom. The van der Waals surface area contributed by atoms with Gasteiger partial charge >= 0.3 is 0 Å². The average Bonchev–Trinajstić information content (AvgIpc) is 3.21. The van der Waals surface area contributed by atoms with Crippen molar-refractivity contribution < 1.29 is 4.79 Å². The van der Waals surface area contributed by atoms with E-state index in [1.54, 1.807) is 12.4 Å². The second kappa shape index (κ2) is 5.28. The zero-order valence-corrected chi connectivity index (χ0v) is 11.0. The second-order valence-electron chi connectivity index (χ2n) is 4.91. The molecule has 7 nitrogen and oxygen atoms in total. The fourth-order valence-electron chi connectivity index (χ4n) is 2.11. The first-order valence-electron chi connectivity index (χ1n) is 6.55. The summed E-state index contributed by atoms with van der Waals surface area (Å²) in [6, 6.07) is 4.19. The third-order valence-corrected chi connectivity index (χ3v) is 3.24. The highest BCUT2D eigenvalue weighted by atomic mass is 16.2. The Morgan fingerprint density at radius 2 is 2.35 bits per heavy atom. The van der Waals surface area contributed by atoms with Crippen LogP contribution in [0.2, 0.25) is 0 Å². The van der Waals surface area contributed by atoms with E-state index in [2.05, 4.69) is 15.1 Å². The average molecular weight is 272 g/mol. The third kappa shape index (κ3) is 2.93. The molecular weight excluding hydrogens is 256 g/mol. The van der Waals surface area contributed by atoms with Gasteiger partial charge in [-0.1, -0.05) is 6.07 Å². The van der Waals surface area contributed by atoms with Crippen LogP contribution in [-0.2, 0) is 17.9 Å². The minimum absolute atomic E-state index is 0.0289. The lowest BCUT2D eigenvalue weighted by atomic mass is 10.2. The van der Waals surface area contributed by atoms with Crippen LogP contribution >= 0.6 is 0 Å². The quantitative estimate of drug-likeness (QED) is 0.853. The number of carbonyl (C=O) groups is 1. The molecule has 7 heteroatoms. The van der Waals surface area contributed by atoms with Gasteiger partial charge in [0.15, 0.2) is 0 Å². The van der Waals surface area contributed by atoms with Crippen molar-refractivity contribution in [3.05, 3.63) is 36.4 Å². The molecule has 2 heterocycles. The molecule has 0 saturated heterocycles. The van der Waals surface area contributed by atoms with Crippen LogP contribution in [0.1, 0.15) is 18.4 Å². The van der Waals surface area contributed by atoms with Gasteiger partial charge in [0.05, 0.1) is 0 Å². The smallest absolute Gasteiger partial charge is 0.244 e. The number of nitrogens with zero attached hydrogens (tertiary/aromatic N) is 5. The summed E-state index contributed by atoms with van der Waals surface area (Å²) in [5.74, 6) is 0.212. The van der Waals surface area contributed by atoms with E-state index in [0.29, 0.717) is 12.6 Å². The van der Waals surface area contributed by atoms with Crippen molar-refractivity contribution in [2.24, 2.45) is 0 Å². The molecule has 1 aliphatic carbocycles. The SMILES string of the molecule is Nc1ncn(CC(=O)N(Cc2cccnc2)C2CC2)n1. The minimum atomic E-state index is 0.0289. The van der Waals surface area contributed by atoms with Gasteiger partial charge in [0.2, 0.25) is 11.9 Å². The molecule has 2 aromatic rings. The Kier molecular flexibility index (Phi) is 3.32. The molecule has 1 amide bonds. The molecule has 2 aromatic heterocycles. The first-order valence-corrected chi connectivity index (χ1v) is 6.55. The molecule has 0 aliphatic heterocycles. The Hall–Kier alpha value is -2.44. The summed E-state index contributed by atoms with van der Waals surface area (Å²) in [6.45, 7) is 0.752. The molecule has 104 valence electrons. The molecule has 1 saturated carbocycles. The molecule has 2 N–H and O–H groups in total. The number of hydrogen-bond acceptors (Lipinski definition) is 5. The maximum atomic E-state index is 12.4. The molecule has 0 radical (unpaired) electrons. The summed E-state index contributed by atoms with van der Waals surface area (Å²) in [5, 5.41) is 3.94. The highest BCUT2D eigenvalue weighted by molar-refractivity contribution is 5.76. The van der Waals surface area contributed by atoms with Gasteiger partial charge in [0, 0.05) is 25.0 Å². The molecule has 0 atom stereocenters. The van der Waals surface area contributed by atoms with E-state index in [9.17, 15) is 4.79 Å². The van der Waals surface area contributed by atoms with Crippen molar-refractivity contribution >= 4 is 11.9 Å². The van der Waals surface area contributed by atoms with Crippen LogP contribution in [0.3, 0.4) is 0 Å². The van der Waals surface area contributed by atoms with Gasteiger partial charge in [-0.15, -0.1) is 5.10 Å². The molecule has 1 aliphatic rings. The molecule has 0 unspecified atom stereocenters. The van der Waals surface area contributed by atoms with Crippen LogP contribution in [0.25, 0.3) is 0 Å². The van der Waals surface area contributed by atoms with Gasteiger partial charge in [-0.25, -0.2) is 9.67 Å². The zero-order valence-electron chi connectivity index (χ0n) is 11.0. The Labute approximate surface area is 116 Å². The summed E-state index contributed by atoms with van der Waals surface area (Å²) in [4.78, 5) is 22.2. The van der Waals surface area contributed by atoms with Crippen LogP contribution in [-0.4, -0.2) is 36.6 Å². The predicted octanol–water partition coefficient (Wildman–Crippen LogP) is 0.446. The number of nitrogens with two attached hydrogens (primary N) is 1. The number of pyridine rings is 1. The summed E-state index contributed by atoms with van der Waals surface area (Å²) in [7, 11) is 0. The highest BCUT2D eigenvalue weighted by Crippen LogP contribution is 2.28. The lowest BCUT2D eigenvalue weighted by molar-refractivity contribution is -0.133. The summed E-state index contributed by atoms with van der Waals surface area (Å²) in [5.41, 5.74) is 6.48. The lowest BCUT2D eigenvalue weighted by Gasteiger charge is -2.22. The lowest BCUT2D eigenvalue weighted by Crippen LogP contribution is -2.35. The monoisotopic (exact) mass is 272 g/mol. The van der Waals surface area contributed by atoms with Gasteiger partial charge in [0.1, 0.15) is 12.9 Å². The van der Waals surface area contributed by atoms with Gasteiger partial charge in [-0.3, -0.25) is 9.78 Å². The van der Waals surface area contributed by atoms with E-state index >= 15 is 0 Å². The highest BCUT2D eigenvalue weighted by Gasteiger charge is 2.32. The zero-order chi connectivity index (χ0) is 13.9. The second-order valence-corrected chi connectivity index (χ2v) is 4.91. The van der Waals surface area contributed by atoms with Crippen LogP contribution in [0.5, 0.6) is 0 Å². The fraction of sp³-hybridized carbons (Fsp3) is 0.385. The van der Waals surface area contributed by atoms with Crippen molar-refractivity contribution in [3.8, 4) is 0 Å². The van der Waals surface area contributed by atoms with E-state index in [1.807, 2.05) is 17.0 Å². The molecule has 3 rings (SSSR count). The predicted molar refractivity (Wildman–Crippen MR) is 72.2 cm³/mol. The van der Waals surface area contributed by atoms with Crippen molar-refractivity contribution in [1.29, 1.82) is 0 Å². The van der Waals surface area contributed by atoms with E-state index in [0.717, 1.165) is 18.4 Å². The van der Waals surface area contributed by atoms with Gasteiger partial charge in [0.25, 0.3) is 0 Å². The van der Waals surface area contributed by atoms with Gasteiger partial charge in [-0.2, -0.15) is 0 Å². The first-order chi connectivity index (χ1) is 9.72. The number of amides is 1. The first kappa shape index (κ1) is 12.6. The number of aromatic nitrogens is 4. The molecule has 0 spiro atoms. The number of nitrogen functional groups attached to an aromatic ring is 1. The molecule has 20 heavy (non-hydrogen) atoms. The van der Waals surface area contributed by atoms with E-state index in [4.69, 9.17) is 5.73 Å². The van der Waals surface area contributed by atoms with Crippen molar-refractivity contribution in [3.63, 3.8) is 0 Å². The largest absolute Gasteiger partial charge is 0.367 e. The number of anilines is 1. The van der Waals surface area contributed by atoms with E-state index < -0.39 is 0 Å². The van der Waals surface area contributed by atoms with Crippen molar-refractivity contribution in [2.45, 2.75) is 32.0 Å². The maximum Gasteiger partial charge on any atom is 0.244 e. The number of rotatable bonds is 5. The molecule has 0 aromatic carbocycles. The Balaban J connectivity index is 1.69. The molecule has 1 fully saturated rings. The standard InChI is InChI=1S/C13H16N6O/c14-13-16-9-18(17-13)8-12(20)19(11-3-4-11)7-10-2-1-5-15-6-10/h1-2,5-6,9,11H,3-4,7-8H2,(H2,14,17). The third-order valence-electron chi connectivity index (χ3n) is 3.24. The van der Waals surface area contributed by atoms with Crippen molar-refractivity contribution in [1.82, 2.24) is 24.6 Å². The Bertz CT molecular complexity index is 592. The summed E-state index contributed by atoms with van der Waals surface area (Å²) in [6.07, 6.45) is 7.11. The molecular formula is C13H16N6O. The Morgan fingerprint density at radius 3 is 2.95 bits per heavy atom.